The zero-order valence-corrected chi connectivity index (χ0v) is 11.4. The van der Waals surface area contributed by atoms with E-state index in [1.807, 2.05) is 0 Å². The van der Waals surface area contributed by atoms with E-state index in [2.05, 4.69) is 9.99 Å². The van der Waals surface area contributed by atoms with Gasteiger partial charge in [-0.05, 0) is 31.5 Å². The number of oxime groups is 1. The Morgan fingerprint density at radius 3 is 2.57 bits per heavy atom. The normalized spacial score (nSPS) is 13.0. The lowest BCUT2D eigenvalue weighted by atomic mass is 10.1. The van der Waals surface area contributed by atoms with Crippen molar-refractivity contribution in [2.75, 3.05) is 6.61 Å². The Hall–Kier alpha value is -2.05. The second-order valence-electron chi connectivity index (χ2n) is 4.26. The molecule has 2 rings (SSSR count). The van der Waals surface area contributed by atoms with Gasteiger partial charge in [-0.3, -0.25) is 0 Å². The van der Waals surface area contributed by atoms with Gasteiger partial charge in [0.15, 0.2) is 5.76 Å². The van der Waals surface area contributed by atoms with Gasteiger partial charge in [0.25, 0.3) is 0 Å². The van der Waals surface area contributed by atoms with Gasteiger partial charge in [0.2, 0.25) is 5.71 Å². The Morgan fingerprint density at radius 2 is 2.00 bits per heavy atom. The van der Waals surface area contributed by atoms with Crippen LogP contribution in [0.15, 0.2) is 27.8 Å². The van der Waals surface area contributed by atoms with E-state index in [1.54, 1.807) is 6.92 Å². The summed E-state index contributed by atoms with van der Waals surface area (Å²) in [7, 11) is 0. The zero-order chi connectivity index (χ0) is 15.6. The molecule has 3 nitrogen and oxygen atoms in total. The molecule has 1 aromatic carbocycles. The highest BCUT2D eigenvalue weighted by Crippen LogP contribution is 2.32. The third kappa shape index (κ3) is 3.01. The lowest BCUT2D eigenvalue weighted by molar-refractivity contribution is -0.0622. The van der Waals surface area contributed by atoms with Gasteiger partial charge in [-0.15, -0.1) is 0 Å². The van der Waals surface area contributed by atoms with Crippen molar-refractivity contribution in [3.63, 3.8) is 0 Å². The maximum absolute atomic E-state index is 13.3. The van der Waals surface area contributed by atoms with Crippen molar-refractivity contribution in [1.82, 2.24) is 0 Å². The van der Waals surface area contributed by atoms with Crippen molar-refractivity contribution >= 4 is 16.7 Å². The third-order valence-electron chi connectivity index (χ3n) is 2.87. The Morgan fingerprint density at radius 1 is 1.29 bits per heavy atom. The smallest absolute Gasteiger partial charge is 0.440 e. The van der Waals surface area contributed by atoms with Crippen LogP contribution in [0.3, 0.4) is 0 Å². The third-order valence-corrected chi connectivity index (χ3v) is 2.87. The summed E-state index contributed by atoms with van der Waals surface area (Å²) in [6.07, 6.45) is -4.49. The van der Waals surface area contributed by atoms with E-state index < -0.39 is 23.5 Å². The Balaban J connectivity index is 2.68. The molecule has 0 amide bonds. The molecule has 0 aliphatic heterocycles. The summed E-state index contributed by atoms with van der Waals surface area (Å²) < 4.78 is 57.8. The van der Waals surface area contributed by atoms with Crippen LogP contribution < -0.4 is 0 Å². The average molecular weight is 303 g/mol. The summed E-state index contributed by atoms with van der Waals surface area (Å²) >= 11 is 0. The van der Waals surface area contributed by atoms with Crippen molar-refractivity contribution in [2.45, 2.75) is 26.4 Å². The number of hydrogen-bond acceptors (Lipinski definition) is 3. The molecule has 0 N–H and O–H groups in total. The van der Waals surface area contributed by atoms with Gasteiger partial charge in [-0.2, -0.15) is 13.2 Å². The lowest BCUT2D eigenvalue weighted by Gasteiger charge is -2.09. The lowest BCUT2D eigenvalue weighted by Crippen LogP contribution is -2.25. The second-order valence-corrected chi connectivity index (χ2v) is 4.26. The number of aryl methyl sites for hydroxylation is 1. The molecule has 1 heterocycles. The van der Waals surface area contributed by atoms with Crippen LogP contribution in [0.5, 0.6) is 0 Å². The van der Waals surface area contributed by atoms with Gasteiger partial charge in [-0.25, -0.2) is 4.39 Å². The minimum atomic E-state index is -4.73. The largest absolute Gasteiger partial charge is 0.454 e. The van der Waals surface area contributed by atoms with Crippen LogP contribution in [0.2, 0.25) is 0 Å². The van der Waals surface area contributed by atoms with Crippen LogP contribution in [-0.2, 0) is 11.3 Å². The van der Waals surface area contributed by atoms with E-state index in [0.717, 1.165) is 12.1 Å². The molecule has 0 spiro atoms. The Kier molecular flexibility index (Phi) is 4.20. The first-order valence-corrected chi connectivity index (χ1v) is 6.36. The Labute approximate surface area is 118 Å². The molecule has 2 aromatic rings. The summed E-state index contributed by atoms with van der Waals surface area (Å²) in [6, 6.07) is 3.57. The minimum absolute atomic E-state index is 0.00407. The van der Waals surface area contributed by atoms with E-state index in [9.17, 15) is 17.6 Å². The van der Waals surface area contributed by atoms with Gasteiger partial charge in [0, 0.05) is 10.9 Å². The number of alkyl halides is 3. The molecule has 0 radical (unpaired) electrons. The number of rotatable bonds is 4. The van der Waals surface area contributed by atoms with Gasteiger partial charge in [0.1, 0.15) is 18.0 Å². The minimum Gasteiger partial charge on any atom is -0.454 e. The predicted molar refractivity (Wildman–Crippen MR) is 69.8 cm³/mol. The first-order chi connectivity index (χ1) is 9.88. The standard InChI is InChI=1S/C14H13F4NO2/c1-3-9-10-7-8(15)5-6-11(10)21-12(9)13(14(16,17)18)19-20-4-2/h5-7H,3-4H2,1-2H3/b19-13+. The van der Waals surface area contributed by atoms with E-state index >= 15 is 0 Å². The molecule has 0 fully saturated rings. The number of furan rings is 1. The first-order valence-electron chi connectivity index (χ1n) is 6.36. The molecule has 21 heavy (non-hydrogen) atoms. The monoisotopic (exact) mass is 303 g/mol. The number of hydrogen-bond donors (Lipinski definition) is 0. The van der Waals surface area contributed by atoms with Crippen LogP contribution in [0.4, 0.5) is 17.6 Å². The van der Waals surface area contributed by atoms with E-state index in [-0.39, 0.29) is 24.2 Å². The summed E-state index contributed by atoms with van der Waals surface area (Å²) in [4.78, 5) is 4.53. The van der Waals surface area contributed by atoms with Crippen LogP contribution >= 0.6 is 0 Å². The summed E-state index contributed by atoms with van der Waals surface area (Å²) in [6.45, 7) is 3.18. The maximum Gasteiger partial charge on any atom is 0.440 e. The highest BCUT2D eigenvalue weighted by atomic mass is 19.4. The van der Waals surface area contributed by atoms with Gasteiger partial charge >= 0.3 is 6.18 Å². The van der Waals surface area contributed by atoms with Crippen molar-refractivity contribution in [3.8, 4) is 0 Å². The molecular weight excluding hydrogens is 290 g/mol. The van der Waals surface area contributed by atoms with Crippen LogP contribution in [0.1, 0.15) is 25.2 Å². The first kappa shape index (κ1) is 15.3. The van der Waals surface area contributed by atoms with Crippen LogP contribution in [-0.4, -0.2) is 18.5 Å². The molecular formula is C14H13F4NO2. The zero-order valence-electron chi connectivity index (χ0n) is 11.4. The Bertz CT molecular complexity index is 673. The number of halogens is 4. The van der Waals surface area contributed by atoms with E-state index in [0.29, 0.717) is 5.39 Å². The van der Waals surface area contributed by atoms with Crippen LogP contribution in [0.25, 0.3) is 11.0 Å². The fraction of sp³-hybridized carbons (Fsp3) is 0.357. The summed E-state index contributed by atoms with van der Waals surface area (Å²) in [5, 5.41) is 3.42. The number of fused-ring (bicyclic) bond motifs is 1. The molecule has 114 valence electrons. The van der Waals surface area contributed by atoms with Gasteiger partial charge < -0.3 is 9.25 Å². The topological polar surface area (TPSA) is 34.7 Å². The van der Waals surface area contributed by atoms with E-state index in [4.69, 9.17) is 4.42 Å². The maximum atomic E-state index is 13.3. The molecule has 0 saturated carbocycles. The molecule has 0 aliphatic carbocycles. The van der Waals surface area contributed by atoms with Crippen molar-refractivity contribution in [1.29, 1.82) is 0 Å². The van der Waals surface area contributed by atoms with Crippen molar-refractivity contribution in [3.05, 3.63) is 35.3 Å². The van der Waals surface area contributed by atoms with Crippen molar-refractivity contribution < 1.29 is 26.8 Å². The molecule has 0 atom stereocenters. The quantitative estimate of drug-likeness (QED) is 0.475. The SMILES string of the molecule is CCO/N=C(\c1oc2ccc(F)cc2c1CC)C(F)(F)F. The number of nitrogens with zero attached hydrogens (tertiary/aromatic N) is 1. The molecule has 7 heteroatoms. The van der Waals surface area contributed by atoms with Gasteiger partial charge in [-0.1, -0.05) is 12.1 Å². The van der Waals surface area contributed by atoms with Crippen molar-refractivity contribution in [2.24, 2.45) is 5.16 Å². The summed E-state index contributed by atoms with van der Waals surface area (Å²) in [5.41, 5.74) is -0.824. The van der Waals surface area contributed by atoms with Crippen LogP contribution in [0, 0.1) is 5.82 Å². The fourth-order valence-electron chi connectivity index (χ4n) is 2.01. The van der Waals surface area contributed by atoms with Gasteiger partial charge in [0.05, 0.1) is 0 Å². The highest BCUT2D eigenvalue weighted by molar-refractivity contribution is 6.06. The highest BCUT2D eigenvalue weighted by Gasteiger charge is 2.41. The molecule has 0 aliphatic rings. The fourth-order valence-corrected chi connectivity index (χ4v) is 2.01. The molecule has 0 bridgehead atoms. The second kappa shape index (κ2) is 5.75. The molecule has 0 unspecified atom stereocenters. The molecule has 0 saturated heterocycles. The predicted octanol–water partition coefficient (Wildman–Crippen LogP) is 4.44. The average Bonchev–Trinajstić information content (AvgIpc) is 2.75. The van der Waals surface area contributed by atoms with E-state index in [1.165, 1.54) is 13.0 Å². The number of benzene rings is 1. The summed E-state index contributed by atoms with van der Waals surface area (Å²) in [5.74, 6) is -0.973. The molecule has 1 aromatic heterocycles.